The van der Waals surface area contributed by atoms with Gasteiger partial charge in [0.1, 0.15) is 6.10 Å². The van der Waals surface area contributed by atoms with Crippen LogP contribution >= 0.6 is 0 Å². The van der Waals surface area contributed by atoms with Crippen molar-refractivity contribution in [3.05, 3.63) is 12.2 Å². The highest BCUT2D eigenvalue weighted by Crippen LogP contribution is 2.40. The van der Waals surface area contributed by atoms with Crippen LogP contribution in [-0.4, -0.2) is 12.1 Å². The summed E-state index contributed by atoms with van der Waals surface area (Å²) in [6.45, 7) is 1.97. The molecule has 2 bridgehead atoms. The van der Waals surface area contributed by atoms with Crippen LogP contribution in [0, 0.1) is 5.41 Å². The molecule has 2 nitrogen and oxygen atoms in total. The van der Waals surface area contributed by atoms with Gasteiger partial charge in [-0.2, -0.15) is 0 Å². The Balaban J connectivity index is 2.36. The van der Waals surface area contributed by atoms with Gasteiger partial charge in [0, 0.05) is 6.42 Å². The van der Waals surface area contributed by atoms with Gasteiger partial charge in [-0.15, -0.1) is 0 Å². The molecular formula is C8H10O2. The second kappa shape index (κ2) is 1.62. The molecule has 2 rings (SSSR count). The van der Waals surface area contributed by atoms with E-state index in [2.05, 4.69) is 0 Å². The minimum atomic E-state index is -0.195. The molecule has 1 heterocycles. The molecule has 1 saturated heterocycles. The first kappa shape index (κ1) is 5.96. The molecule has 0 amide bonds. The quantitative estimate of drug-likeness (QED) is 0.372. The molecule has 1 aliphatic carbocycles. The summed E-state index contributed by atoms with van der Waals surface area (Å²) in [6.07, 6.45) is 5.82. The third-order valence-corrected chi connectivity index (χ3v) is 2.32. The lowest BCUT2D eigenvalue weighted by molar-refractivity contribution is -0.146. The maximum absolute atomic E-state index is 11.1. The van der Waals surface area contributed by atoms with E-state index < -0.39 is 0 Å². The monoisotopic (exact) mass is 138 g/mol. The fraction of sp³-hybridized carbons (Fsp3) is 0.625. The smallest absolute Gasteiger partial charge is 0.312 e. The van der Waals surface area contributed by atoms with Crippen molar-refractivity contribution in [1.29, 1.82) is 0 Å². The summed E-state index contributed by atoms with van der Waals surface area (Å²) in [7, 11) is 0. The molecule has 1 fully saturated rings. The minimum Gasteiger partial charge on any atom is -0.458 e. The maximum atomic E-state index is 11.1. The third-order valence-electron chi connectivity index (χ3n) is 2.32. The average Bonchev–Trinajstić information content (AvgIpc) is 2.04. The standard InChI is InChI=1S/C8H10O2/c1-8-4-2-3-6(5-8)10-7(8)9/h2-3,6H,4-5H2,1H3/t6-,8+/m1/s1. The molecule has 54 valence electrons. The number of allylic oxidation sites excluding steroid dienone is 1. The Morgan fingerprint density at radius 3 is 3.20 bits per heavy atom. The summed E-state index contributed by atoms with van der Waals surface area (Å²) in [5, 5.41) is 0. The molecule has 0 unspecified atom stereocenters. The molecule has 0 aromatic rings. The summed E-state index contributed by atoms with van der Waals surface area (Å²) in [4.78, 5) is 11.1. The molecule has 0 saturated carbocycles. The van der Waals surface area contributed by atoms with Crippen LogP contribution in [0.25, 0.3) is 0 Å². The van der Waals surface area contributed by atoms with Crippen LogP contribution in [0.5, 0.6) is 0 Å². The SMILES string of the molecule is C[C@]12CC=C[C@H](C1)OC2=O. The van der Waals surface area contributed by atoms with Gasteiger partial charge in [-0.25, -0.2) is 0 Å². The molecule has 2 heteroatoms. The predicted molar refractivity (Wildman–Crippen MR) is 36.4 cm³/mol. The van der Waals surface area contributed by atoms with Gasteiger partial charge in [0.15, 0.2) is 0 Å². The van der Waals surface area contributed by atoms with Crippen LogP contribution in [0.4, 0.5) is 0 Å². The first-order chi connectivity index (χ1) is 4.71. The van der Waals surface area contributed by atoms with Crippen LogP contribution < -0.4 is 0 Å². The largest absolute Gasteiger partial charge is 0.458 e. The molecule has 0 radical (unpaired) electrons. The Morgan fingerprint density at radius 2 is 2.60 bits per heavy atom. The number of hydrogen-bond acceptors (Lipinski definition) is 2. The van der Waals surface area contributed by atoms with Crippen molar-refractivity contribution in [2.45, 2.75) is 25.9 Å². The number of carbonyl (C=O) groups excluding carboxylic acids is 1. The van der Waals surface area contributed by atoms with Gasteiger partial charge in [-0.3, -0.25) is 4.79 Å². The highest BCUT2D eigenvalue weighted by Gasteiger charge is 2.45. The minimum absolute atomic E-state index is 0.0255. The van der Waals surface area contributed by atoms with E-state index in [1.807, 2.05) is 19.1 Å². The lowest BCUT2D eigenvalue weighted by Gasteiger charge is -2.17. The van der Waals surface area contributed by atoms with E-state index in [1.165, 1.54) is 0 Å². The predicted octanol–water partition coefficient (Wildman–Crippen LogP) is 1.27. The summed E-state index contributed by atoms with van der Waals surface area (Å²) in [5.41, 5.74) is -0.195. The Hall–Kier alpha value is -0.790. The number of fused-ring (bicyclic) bond motifs is 2. The van der Waals surface area contributed by atoms with Crippen LogP contribution in [0.1, 0.15) is 19.8 Å². The van der Waals surface area contributed by atoms with Crippen LogP contribution in [0.3, 0.4) is 0 Å². The average molecular weight is 138 g/mol. The van der Waals surface area contributed by atoms with Gasteiger partial charge in [0.25, 0.3) is 0 Å². The number of ether oxygens (including phenoxy) is 1. The van der Waals surface area contributed by atoms with Gasteiger partial charge < -0.3 is 4.74 Å². The molecule has 2 atom stereocenters. The van der Waals surface area contributed by atoms with Crippen molar-refractivity contribution >= 4 is 5.97 Å². The van der Waals surface area contributed by atoms with E-state index in [4.69, 9.17) is 4.74 Å². The summed E-state index contributed by atoms with van der Waals surface area (Å²) < 4.78 is 5.06. The highest BCUT2D eigenvalue weighted by atomic mass is 16.6. The second-order valence-electron chi connectivity index (χ2n) is 3.34. The van der Waals surface area contributed by atoms with Crippen molar-refractivity contribution in [3.63, 3.8) is 0 Å². The Labute approximate surface area is 59.9 Å². The lowest BCUT2D eigenvalue weighted by Crippen LogP contribution is -2.22. The van der Waals surface area contributed by atoms with Gasteiger partial charge in [-0.05, 0) is 19.4 Å². The summed E-state index contributed by atoms with van der Waals surface area (Å²) >= 11 is 0. The molecule has 10 heavy (non-hydrogen) atoms. The molecule has 2 aliphatic rings. The fourth-order valence-electron chi connectivity index (χ4n) is 1.60. The molecule has 1 aliphatic heterocycles. The van der Waals surface area contributed by atoms with Crippen molar-refractivity contribution in [2.24, 2.45) is 5.41 Å². The van der Waals surface area contributed by atoms with Gasteiger partial charge in [-0.1, -0.05) is 6.08 Å². The third kappa shape index (κ3) is 0.618. The number of hydrogen-bond donors (Lipinski definition) is 0. The van der Waals surface area contributed by atoms with Crippen molar-refractivity contribution in [2.75, 3.05) is 0 Å². The Kier molecular flexibility index (Phi) is 0.967. The Morgan fingerprint density at radius 1 is 1.80 bits per heavy atom. The number of rotatable bonds is 0. The fourth-order valence-corrected chi connectivity index (χ4v) is 1.60. The first-order valence-electron chi connectivity index (χ1n) is 3.58. The van der Waals surface area contributed by atoms with Crippen molar-refractivity contribution in [1.82, 2.24) is 0 Å². The van der Waals surface area contributed by atoms with Gasteiger partial charge >= 0.3 is 5.97 Å². The first-order valence-corrected chi connectivity index (χ1v) is 3.58. The van der Waals surface area contributed by atoms with Gasteiger partial charge in [0.2, 0.25) is 0 Å². The van der Waals surface area contributed by atoms with Gasteiger partial charge in [0.05, 0.1) is 5.41 Å². The van der Waals surface area contributed by atoms with Crippen LogP contribution in [0.2, 0.25) is 0 Å². The Bertz CT molecular complexity index is 207. The maximum Gasteiger partial charge on any atom is 0.312 e. The van der Waals surface area contributed by atoms with E-state index in [0.29, 0.717) is 0 Å². The van der Waals surface area contributed by atoms with Crippen LogP contribution in [0.15, 0.2) is 12.2 Å². The zero-order valence-electron chi connectivity index (χ0n) is 5.96. The molecule has 0 spiro atoms. The topological polar surface area (TPSA) is 26.3 Å². The van der Waals surface area contributed by atoms with Crippen molar-refractivity contribution < 1.29 is 9.53 Å². The molecule has 0 aromatic carbocycles. The zero-order valence-corrected chi connectivity index (χ0v) is 5.96. The molecule has 0 N–H and O–H groups in total. The second-order valence-corrected chi connectivity index (χ2v) is 3.34. The number of esters is 1. The summed E-state index contributed by atoms with van der Waals surface area (Å²) in [5.74, 6) is -0.0255. The van der Waals surface area contributed by atoms with Crippen molar-refractivity contribution in [3.8, 4) is 0 Å². The summed E-state index contributed by atoms with van der Waals surface area (Å²) in [6, 6.07) is 0. The van der Waals surface area contributed by atoms with E-state index >= 15 is 0 Å². The van der Waals surface area contributed by atoms with E-state index in [-0.39, 0.29) is 17.5 Å². The molecule has 0 aromatic heterocycles. The van der Waals surface area contributed by atoms with E-state index in [9.17, 15) is 4.79 Å². The van der Waals surface area contributed by atoms with E-state index in [1.54, 1.807) is 0 Å². The lowest BCUT2D eigenvalue weighted by atomic mass is 9.81. The number of carbonyl (C=O) groups is 1. The molecular weight excluding hydrogens is 128 g/mol. The van der Waals surface area contributed by atoms with Crippen LogP contribution in [-0.2, 0) is 9.53 Å². The zero-order chi connectivity index (χ0) is 7.19. The van der Waals surface area contributed by atoms with E-state index in [0.717, 1.165) is 12.8 Å². The normalized spacial score (nSPS) is 43.7. The highest BCUT2D eigenvalue weighted by molar-refractivity contribution is 5.79.